The molecule has 8 heteroatoms. The minimum Gasteiger partial charge on any atom is -0.504 e. The number of rotatable bonds is 6. The third-order valence-corrected chi connectivity index (χ3v) is 5.48. The SMILES string of the molecule is CCCN1C(=O)[C@H](C(=O)OCC)[C@@H](c2ccc(OC)c(O)c2)n2c1nc1ccccc12. The molecule has 0 bridgehead atoms. The van der Waals surface area contributed by atoms with Crippen molar-refractivity contribution in [1.29, 1.82) is 0 Å². The third-order valence-electron chi connectivity index (χ3n) is 5.48. The molecule has 0 aliphatic carbocycles. The Labute approximate surface area is 180 Å². The van der Waals surface area contributed by atoms with Crippen LogP contribution < -0.4 is 9.64 Å². The number of amides is 1. The van der Waals surface area contributed by atoms with E-state index in [1.54, 1.807) is 24.0 Å². The summed E-state index contributed by atoms with van der Waals surface area (Å²) in [6.07, 6.45) is 0.707. The standard InChI is InChI=1S/C23H25N3O5/c1-4-12-25-21(28)19(22(29)31-5-2)20(14-10-11-18(30-3)17(27)13-14)26-16-9-7-6-8-15(16)24-23(25)26/h6-11,13,19-20,27H,4-5,12H2,1-3H3/t19-,20-/m1/s1. The molecule has 3 aromatic rings. The number of imidazole rings is 1. The maximum Gasteiger partial charge on any atom is 0.321 e. The summed E-state index contributed by atoms with van der Waals surface area (Å²) in [6, 6.07) is 11.7. The predicted molar refractivity (Wildman–Crippen MR) is 115 cm³/mol. The highest BCUT2D eigenvalue weighted by Gasteiger charge is 2.47. The lowest BCUT2D eigenvalue weighted by Crippen LogP contribution is -2.50. The van der Waals surface area contributed by atoms with Crippen LogP contribution in [0.3, 0.4) is 0 Å². The first kappa shape index (κ1) is 20.7. The van der Waals surface area contributed by atoms with Crippen molar-refractivity contribution in [3.63, 3.8) is 0 Å². The summed E-state index contributed by atoms with van der Waals surface area (Å²) < 4.78 is 12.4. The van der Waals surface area contributed by atoms with Crippen molar-refractivity contribution in [2.75, 3.05) is 25.2 Å². The fraction of sp³-hybridized carbons (Fsp3) is 0.348. The summed E-state index contributed by atoms with van der Waals surface area (Å²) in [7, 11) is 1.46. The Balaban J connectivity index is 2.00. The van der Waals surface area contributed by atoms with Gasteiger partial charge in [-0.15, -0.1) is 0 Å². The van der Waals surface area contributed by atoms with Crippen LogP contribution in [0.5, 0.6) is 11.5 Å². The van der Waals surface area contributed by atoms with Crippen LogP contribution in [-0.2, 0) is 14.3 Å². The van der Waals surface area contributed by atoms with E-state index < -0.39 is 17.9 Å². The first-order valence-electron chi connectivity index (χ1n) is 10.3. The second-order valence-corrected chi connectivity index (χ2v) is 7.37. The highest BCUT2D eigenvalue weighted by Crippen LogP contribution is 2.43. The number of phenols is 1. The molecule has 1 aliphatic heterocycles. The molecule has 0 radical (unpaired) electrons. The normalized spacial score (nSPS) is 18.2. The molecule has 8 nitrogen and oxygen atoms in total. The number of carbonyl (C=O) groups is 2. The molecule has 0 unspecified atom stereocenters. The number of carbonyl (C=O) groups excluding carboxylic acids is 2. The average Bonchev–Trinajstić information content (AvgIpc) is 3.14. The van der Waals surface area contributed by atoms with Gasteiger partial charge in [0.25, 0.3) is 0 Å². The lowest BCUT2D eigenvalue weighted by Gasteiger charge is -2.37. The van der Waals surface area contributed by atoms with Gasteiger partial charge in [0.15, 0.2) is 17.4 Å². The summed E-state index contributed by atoms with van der Waals surface area (Å²) >= 11 is 0. The van der Waals surface area contributed by atoms with E-state index in [9.17, 15) is 14.7 Å². The molecule has 1 amide bonds. The van der Waals surface area contributed by atoms with Gasteiger partial charge in [0, 0.05) is 6.54 Å². The number of ether oxygens (including phenoxy) is 2. The number of aromatic nitrogens is 2. The van der Waals surface area contributed by atoms with Gasteiger partial charge in [0.05, 0.1) is 30.8 Å². The molecule has 0 saturated heterocycles. The Morgan fingerprint density at radius 3 is 2.65 bits per heavy atom. The summed E-state index contributed by atoms with van der Waals surface area (Å²) in [5.74, 6) is -1.35. The van der Waals surface area contributed by atoms with E-state index in [4.69, 9.17) is 14.5 Å². The molecule has 4 rings (SSSR count). The van der Waals surface area contributed by atoms with Crippen LogP contribution in [-0.4, -0.2) is 46.8 Å². The zero-order valence-electron chi connectivity index (χ0n) is 17.7. The predicted octanol–water partition coefficient (Wildman–Crippen LogP) is 3.28. The van der Waals surface area contributed by atoms with E-state index in [-0.39, 0.29) is 18.3 Å². The summed E-state index contributed by atoms with van der Waals surface area (Å²) in [4.78, 5) is 32.8. The third kappa shape index (κ3) is 3.37. The van der Waals surface area contributed by atoms with E-state index >= 15 is 0 Å². The topological polar surface area (TPSA) is 93.9 Å². The lowest BCUT2D eigenvalue weighted by molar-refractivity contribution is -0.153. The van der Waals surface area contributed by atoms with Gasteiger partial charge >= 0.3 is 5.97 Å². The van der Waals surface area contributed by atoms with Gasteiger partial charge in [-0.2, -0.15) is 0 Å². The number of aromatic hydroxyl groups is 1. The largest absolute Gasteiger partial charge is 0.504 e. The van der Waals surface area contributed by atoms with Crippen molar-refractivity contribution >= 4 is 28.9 Å². The zero-order chi connectivity index (χ0) is 22.1. The maximum absolute atomic E-state index is 13.5. The molecular weight excluding hydrogens is 398 g/mol. The molecule has 0 fully saturated rings. The van der Waals surface area contributed by atoms with E-state index in [0.717, 1.165) is 11.0 Å². The van der Waals surface area contributed by atoms with Crippen LogP contribution in [0.2, 0.25) is 0 Å². The van der Waals surface area contributed by atoms with Crippen molar-refractivity contribution in [3.8, 4) is 11.5 Å². The van der Waals surface area contributed by atoms with Crippen LogP contribution in [0.25, 0.3) is 11.0 Å². The second kappa shape index (κ2) is 8.29. The molecule has 31 heavy (non-hydrogen) atoms. The number of methoxy groups -OCH3 is 1. The first-order valence-corrected chi connectivity index (χ1v) is 10.3. The van der Waals surface area contributed by atoms with E-state index in [0.29, 0.717) is 30.2 Å². The highest BCUT2D eigenvalue weighted by molar-refractivity contribution is 6.08. The van der Waals surface area contributed by atoms with Crippen molar-refractivity contribution in [1.82, 2.24) is 9.55 Å². The van der Waals surface area contributed by atoms with Crippen LogP contribution >= 0.6 is 0 Å². The second-order valence-electron chi connectivity index (χ2n) is 7.37. The highest BCUT2D eigenvalue weighted by atomic mass is 16.5. The first-order chi connectivity index (χ1) is 15.0. The molecule has 0 spiro atoms. The Kier molecular flexibility index (Phi) is 5.54. The summed E-state index contributed by atoms with van der Waals surface area (Å²) in [5.41, 5.74) is 2.10. The Bertz CT molecular complexity index is 1140. The summed E-state index contributed by atoms with van der Waals surface area (Å²) in [6.45, 7) is 4.27. The number of fused-ring (bicyclic) bond motifs is 3. The van der Waals surface area contributed by atoms with Crippen molar-refractivity contribution < 1.29 is 24.2 Å². The molecule has 1 N–H and O–H groups in total. The van der Waals surface area contributed by atoms with Gasteiger partial charge in [0.2, 0.25) is 11.9 Å². The quantitative estimate of drug-likeness (QED) is 0.483. The molecule has 2 heterocycles. The number of phenolic OH excluding ortho intramolecular Hbond substituents is 1. The van der Waals surface area contributed by atoms with E-state index in [2.05, 4.69) is 0 Å². The molecule has 2 atom stereocenters. The lowest BCUT2D eigenvalue weighted by atomic mass is 9.89. The maximum atomic E-state index is 13.5. The Morgan fingerprint density at radius 1 is 1.19 bits per heavy atom. The monoisotopic (exact) mass is 423 g/mol. The van der Waals surface area contributed by atoms with Gasteiger partial charge in [0.1, 0.15) is 0 Å². The van der Waals surface area contributed by atoms with Crippen molar-refractivity contribution in [2.24, 2.45) is 5.92 Å². The molecule has 1 aromatic heterocycles. The molecule has 162 valence electrons. The van der Waals surface area contributed by atoms with Crippen LogP contribution in [0, 0.1) is 5.92 Å². The molecule has 0 saturated carbocycles. The average molecular weight is 423 g/mol. The summed E-state index contributed by atoms with van der Waals surface area (Å²) in [5, 5.41) is 10.4. The van der Waals surface area contributed by atoms with Crippen LogP contribution in [0.15, 0.2) is 42.5 Å². The van der Waals surface area contributed by atoms with E-state index in [1.807, 2.05) is 35.8 Å². The van der Waals surface area contributed by atoms with Gasteiger partial charge < -0.3 is 19.1 Å². The van der Waals surface area contributed by atoms with Gasteiger partial charge in [-0.3, -0.25) is 14.5 Å². The zero-order valence-corrected chi connectivity index (χ0v) is 17.7. The van der Waals surface area contributed by atoms with Gasteiger partial charge in [-0.05, 0) is 43.2 Å². The van der Waals surface area contributed by atoms with Crippen molar-refractivity contribution in [3.05, 3.63) is 48.0 Å². The molecular formula is C23H25N3O5. The number of para-hydroxylation sites is 2. The van der Waals surface area contributed by atoms with Crippen molar-refractivity contribution in [2.45, 2.75) is 26.3 Å². The van der Waals surface area contributed by atoms with Gasteiger partial charge in [-0.25, -0.2) is 4.98 Å². The van der Waals surface area contributed by atoms with E-state index in [1.165, 1.54) is 13.2 Å². The fourth-order valence-electron chi connectivity index (χ4n) is 4.18. The number of hydrogen-bond acceptors (Lipinski definition) is 6. The minimum absolute atomic E-state index is 0.0722. The molecule has 2 aromatic carbocycles. The van der Waals surface area contributed by atoms with Crippen LogP contribution in [0.1, 0.15) is 31.9 Å². The number of hydrogen-bond donors (Lipinski definition) is 1. The molecule has 1 aliphatic rings. The Morgan fingerprint density at radius 2 is 1.97 bits per heavy atom. The number of nitrogens with zero attached hydrogens (tertiary/aromatic N) is 3. The number of benzene rings is 2. The number of esters is 1. The minimum atomic E-state index is -1.11. The smallest absolute Gasteiger partial charge is 0.321 e. The van der Waals surface area contributed by atoms with Crippen LogP contribution in [0.4, 0.5) is 5.95 Å². The Hall–Kier alpha value is -3.55. The number of anilines is 1. The fourth-order valence-corrected chi connectivity index (χ4v) is 4.18. The van der Waals surface area contributed by atoms with Gasteiger partial charge in [-0.1, -0.05) is 25.1 Å².